The first kappa shape index (κ1) is 16.2. The largest absolute Gasteiger partial charge is 0.428 e. The summed E-state index contributed by atoms with van der Waals surface area (Å²) in [7, 11) is 0. The summed E-state index contributed by atoms with van der Waals surface area (Å²) in [6, 6.07) is 8.26. The van der Waals surface area contributed by atoms with E-state index >= 15 is 0 Å². The van der Waals surface area contributed by atoms with E-state index in [1.54, 1.807) is 0 Å². The molecule has 2 nitrogen and oxygen atoms in total. The predicted molar refractivity (Wildman–Crippen MR) is 104 cm³/mol. The lowest BCUT2D eigenvalue weighted by Gasteiger charge is -2.10. The lowest BCUT2D eigenvalue weighted by Crippen LogP contribution is -1.89. The maximum atomic E-state index is 12.6. The van der Waals surface area contributed by atoms with Crippen LogP contribution in [0.1, 0.15) is 27.8 Å². The number of hydrogen-bond acceptors (Lipinski definition) is 2. The number of aryl methyl sites for hydroxylation is 5. The molecule has 0 spiro atoms. The van der Waals surface area contributed by atoms with Gasteiger partial charge in [0.2, 0.25) is 0 Å². The van der Waals surface area contributed by atoms with E-state index in [-0.39, 0.29) is 5.43 Å². The molecular weight excluding hydrogens is 399 g/mol. The van der Waals surface area contributed by atoms with Crippen LogP contribution in [0.5, 0.6) is 5.75 Å². The smallest absolute Gasteiger partial charge is 0.195 e. The Morgan fingerprint density at radius 3 is 1.48 bits per heavy atom. The Bertz CT molecular complexity index is 881. The summed E-state index contributed by atoms with van der Waals surface area (Å²) in [6.07, 6.45) is 0. The van der Waals surface area contributed by atoms with Gasteiger partial charge in [0.25, 0.3) is 0 Å². The fraction of sp³-hybridized carbons (Fsp3) is 0.250. The lowest BCUT2D eigenvalue weighted by molar-refractivity contribution is 0.715. The molecule has 0 N–H and O–H groups in total. The van der Waals surface area contributed by atoms with E-state index in [0.29, 0.717) is 0 Å². The average molecular weight is 418 g/mol. The summed E-state index contributed by atoms with van der Waals surface area (Å²) in [5, 5.41) is 0. The highest BCUT2D eigenvalue weighted by Crippen LogP contribution is 2.42. The minimum Gasteiger partial charge on any atom is -0.428 e. The van der Waals surface area contributed by atoms with Crippen molar-refractivity contribution in [1.82, 2.24) is 0 Å². The first-order valence-electron chi connectivity index (χ1n) is 7.62. The Hall–Kier alpha value is -1.62. The summed E-state index contributed by atoms with van der Waals surface area (Å²) in [6.45, 7) is 10.3. The number of hydrogen-bond donors (Lipinski definition) is 0. The van der Waals surface area contributed by atoms with Crippen LogP contribution in [0.15, 0.2) is 29.1 Å². The molecule has 0 saturated carbocycles. The molecule has 0 fully saturated rings. The van der Waals surface area contributed by atoms with Crippen molar-refractivity contribution in [2.45, 2.75) is 34.6 Å². The zero-order chi connectivity index (χ0) is 16.9. The molecule has 0 amide bonds. The van der Waals surface area contributed by atoms with Crippen LogP contribution in [0.25, 0.3) is 22.3 Å². The van der Waals surface area contributed by atoms with Gasteiger partial charge in [-0.25, -0.2) is 0 Å². The zero-order valence-corrected chi connectivity index (χ0v) is 16.2. The van der Waals surface area contributed by atoms with Gasteiger partial charge in [0.15, 0.2) is 28.4 Å². The molecule has 0 aromatic heterocycles. The molecule has 0 aliphatic heterocycles. The molecule has 3 heteroatoms. The van der Waals surface area contributed by atoms with Crippen LogP contribution < -0.4 is 8.50 Å². The summed E-state index contributed by atoms with van der Waals surface area (Å²) in [5.41, 5.74) is 9.82. The minimum atomic E-state index is 0.175. The quantitative estimate of drug-likeness (QED) is 0.523. The van der Waals surface area contributed by atoms with Crippen LogP contribution in [0.4, 0.5) is 0 Å². The van der Waals surface area contributed by atoms with Crippen molar-refractivity contribution in [3.63, 3.8) is 0 Å². The molecule has 3 aromatic carbocycles. The molecule has 0 aliphatic rings. The second-order valence-corrected chi connectivity index (χ2v) is 6.80. The topological polar surface area (TPSA) is 26.3 Å². The highest BCUT2D eigenvalue weighted by atomic mass is 127. The maximum absolute atomic E-state index is 12.6. The van der Waals surface area contributed by atoms with Gasteiger partial charge < -0.3 is 3.07 Å². The van der Waals surface area contributed by atoms with Crippen LogP contribution in [-0.4, -0.2) is 0 Å². The normalized spacial score (nSPS) is 11.2. The molecule has 23 heavy (non-hydrogen) atoms. The second-order valence-electron chi connectivity index (χ2n) is 6.36. The molecule has 0 atom stereocenters. The van der Waals surface area contributed by atoms with E-state index in [1.165, 1.54) is 16.7 Å². The van der Waals surface area contributed by atoms with E-state index in [1.807, 2.05) is 49.0 Å². The van der Waals surface area contributed by atoms with Gasteiger partial charge in [0.1, 0.15) is 5.75 Å². The fourth-order valence-corrected chi connectivity index (χ4v) is 3.84. The van der Waals surface area contributed by atoms with Crippen molar-refractivity contribution in [2.24, 2.45) is 0 Å². The minimum absolute atomic E-state index is 0.175. The third kappa shape index (κ3) is 2.71. The molecule has 0 saturated heterocycles. The van der Waals surface area contributed by atoms with E-state index in [0.717, 1.165) is 39.1 Å². The van der Waals surface area contributed by atoms with Crippen LogP contribution in [0.3, 0.4) is 0 Å². The van der Waals surface area contributed by atoms with Crippen molar-refractivity contribution in [3.8, 4) is 28.0 Å². The van der Waals surface area contributed by atoms with Crippen molar-refractivity contribution in [1.29, 1.82) is 0 Å². The standard InChI is InChI=1S/C20H19IO2/c1-10-6-11(2)16(12(3)7-10)18-19(20(18)22)17-13(4)8-15(23-21)9-14(17)5/h6-9H,1-5H3. The number of benzene rings is 2. The van der Waals surface area contributed by atoms with Crippen molar-refractivity contribution in [3.05, 3.63) is 62.3 Å². The molecule has 3 aromatic rings. The summed E-state index contributed by atoms with van der Waals surface area (Å²) >= 11 is 1.88. The number of halogens is 1. The SMILES string of the molecule is Cc1cc(C)c(-c2c(-c3c(C)cc(OI)cc3C)c2=O)c(C)c1. The molecule has 0 unspecified atom stereocenters. The summed E-state index contributed by atoms with van der Waals surface area (Å²) in [4.78, 5) is 12.6. The van der Waals surface area contributed by atoms with E-state index in [2.05, 4.69) is 32.9 Å². The molecule has 0 aliphatic carbocycles. The van der Waals surface area contributed by atoms with E-state index < -0.39 is 0 Å². The van der Waals surface area contributed by atoms with Crippen molar-refractivity contribution < 1.29 is 3.07 Å². The van der Waals surface area contributed by atoms with Gasteiger partial charge in [-0.15, -0.1) is 0 Å². The Balaban J connectivity index is 2.17. The third-order valence-electron chi connectivity index (χ3n) is 4.41. The van der Waals surface area contributed by atoms with Gasteiger partial charge in [-0.05, 0) is 80.1 Å². The van der Waals surface area contributed by atoms with Gasteiger partial charge in [0.05, 0.1) is 0 Å². The summed E-state index contributed by atoms with van der Waals surface area (Å²) in [5.74, 6) is 0.822. The van der Waals surface area contributed by atoms with E-state index in [4.69, 9.17) is 3.07 Å². The monoisotopic (exact) mass is 418 g/mol. The Kier molecular flexibility index (Phi) is 4.08. The first-order chi connectivity index (χ1) is 10.8. The Labute approximate surface area is 150 Å². The Morgan fingerprint density at radius 1 is 0.696 bits per heavy atom. The molecule has 118 valence electrons. The zero-order valence-electron chi connectivity index (χ0n) is 14.0. The van der Waals surface area contributed by atoms with Crippen LogP contribution >= 0.6 is 23.0 Å². The molecule has 3 rings (SSSR count). The first-order valence-corrected chi connectivity index (χ1v) is 8.50. The van der Waals surface area contributed by atoms with Crippen molar-refractivity contribution >= 4 is 23.0 Å². The highest BCUT2D eigenvalue weighted by molar-refractivity contribution is 14.1. The van der Waals surface area contributed by atoms with Crippen LogP contribution in [-0.2, 0) is 0 Å². The molecule has 0 bridgehead atoms. The predicted octanol–water partition coefficient (Wildman–Crippen LogP) is 5.53. The van der Waals surface area contributed by atoms with Gasteiger partial charge >= 0.3 is 0 Å². The van der Waals surface area contributed by atoms with Crippen molar-refractivity contribution in [2.75, 3.05) is 0 Å². The average Bonchev–Trinajstić information content (AvgIpc) is 3.07. The lowest BCUT2D eigenvalue weighted by atomic mass is 9.95. The van der Waals surface area contributed by atoms with Gasteiger partial charge in [-0.3, -0.25) is 4.79 Å². The van der Waals surface area contributed by atoms with E-state index in [9.17, 15) is 4.79 Å². The molecule has 0 heterocycles. The van der Waals surface area contributed by atoms with Gasteiger partial charge in [0, 0.05) is 11.1 Å². The maximum Gasteiger partial charge on any atom is 0.195 e. The van der Waals surface area contributed by atoms with Crippen LogP contribution in [0.2, 0.25) is 0 Å². The molecular formula is C20H19IO2. The number of rotatable bonds is 3. The second kappa shape index (κ2) is 5.78. The summed E-state index contributed by atoms with van der Waals surface area (Å²) < 4.78 is 5.29. The Morgan fingerprint density at radius 2 is 1.09 bits per heavy atom. The van der Waals surface area contributed by atoms with Gasteiger partial charge in [-0.2, -0.15) is 0 Å². The highest BCUT2D eigenvalue weighted by Gasteiger charge is 2.29. The van der Waals surface area contributed by atoms with Gasteiger partial charge in [-0.1, -0.05) is 17.7 Å². The third-order valence-corrected chi connectivity index (χ3v) is 4.92. The fourth-order valence-electron chi connectivity index (χ4n) is 3.58. The molecule has 0 radical (unpaired) electrons. The van der Waals surface area contributed by atoms with Crippen LogP contribution in [0, 0.1) is 34.6 Å².